The Morgan fingerprint density at radius 2 is 2.22 bits per heavy atom. The zero-order valence-corrected chi connectivity index (χ0v) is 11.2. The summed E-state index contributed by atoms with van der Waals surface area (Å²) in [5.74, 6) is 1.41. The number of aromatic nitrogens is 2. The van der Waals surface area contributed by atoms with Crippen LogP contribution in [0.25, 0.3) is 0 Å². The largest absolute Gasteiger partial charge is 0.454 e. The van der Waals surface area contributed by atoms with Crippen molar-refractivity contribution in [3.8, 4) is 11.5 Å². The summed E-state index contributed by atoms with van der Waals surface area (Å²) in [5.41, 5.74) is 6.54. The van der Waals surface area contributed by atoms with Gasteiger partial charge in [0.2, 0.25) is 0 Å². The molecule has 0 saturated carbocycles. The lowest BCUT2D eigenvalue weighted by molar-refractivity contribution is 0.471. The SMILES string of the molecule is CC(C)n1cc(Oc2ccc(Cl)cc2CN)cn1. The molecule has 0 unspecified atom stereocenters. The van der Waals surface area contributed by atoms with Gasteiger partial charge in [-0.25, -0.2) is 0 Å². The fourth-order valence-corrected chi connectivity index (χ4v) is 1.78. The Kier molecular flexibility index (Phi) is 3.89. The Morgan fingerprint density at radius 3 is 2.83 bits per heavy atom. The summed E-state index contributed by atoms with van der Waals surface area (Å²) in [5, 5.41) is 4.87. The summed E-state index contributed by atoms with van der Waals surface area (Å²) in [7, 11) is 0. The van der Waals surface area contributed by atoms with Crippen molar-refractivity contribution in [3.63, 3.8) is 0 Å². The number of halogens is 1. The first kappa shape index (κ1) is 12.9. The molecule has 5 heteroatoms. The topological polar surface area (TPSA) is 53.1 Å². The summed E-state index contributed by atoms with van der Waals surface area (Å²) < 4.78 is 7.60. The molecule has 1 heterocycles. The van der Waals surface area contributed by atoms with E-state index in [9.17, 15) is 0 Å². The molecule has 0 amide bonds. The van der Waals surface area contributed by atoms with Crippen LogP contribution in [0, 0.1) is 0 Å². The van der Waals surface area contributed by atoms with Gasteiger partial charge in [-0.15, -0.1) is 0 Å². The van der Waals surface area contributed by atoms with Gasteiger partial charge in [0.1, 0.15) is 5.75 Å². The fraction of sp³-hybridized carbons (Fsp3) is 0.308. The monoisotopic (exact) mass is 265 g/mol. The standard InChI is InChI=1S/C13H16ClN3O/c1-9(2)17-8-12(7-16-17)18-13-4-3-11(14)5-10(13)6-15/h3-5,7-9H,6,15H2,1-2H3. The maximum Gasteiger partial charge on any atom is 0.165 e. The molecular weight excluding hydrogens is 250 g/mol. The predicted molar refractivity (Wildman–Crippen MR) is 72.0 cm³/mol. The Balaban J connectivity index is 2.22. The average molecular weight is 266 g/mol. The molecule has 1 aromatic carbocycles. The third kappa shape index (κ3) is 2.83. The molecule has 4 nitrogen and oxygen atoms in total. The second-order valence-electron chi connectivity index (χ2n) is 4.31. The third-order valence-electron chi connectivity index (χ3n) is 2.58. The van der Waals surface area contributed by atoms with Crippen LogP contribution in [-0.2, 0) is 6.54 Å². The molecule has 1 aromatic heterocycles. The van der Waals surface area contributed by atoms with Gasteiger partial charge in [0.05, 0.1) is 12.4 Å². The summed E-state index contributed by atoms with van der Waals surface area (Å²) in [4.78, 5) is 0. The van der Waals surface area contributed by atoms with Gasteiger partial charge < -0.3 is 10.5 Å². The van der Waals surface area contributed by atoms with Gasteiger partial charge in [0, 0.05) is 23.2 Å². The molecule has 0 radical (unpaired) electrons. The van der Waals surface area contributed by atoms with Crippen molar-refractivity contribution in [2.75, 3.05) is 0 Å². The third-order valence-corrected chi connectivity index (χ3v) is 2.81. The predicted octanol–water partition coefficient (Wildman–Crippen LogP) is 3.37. The summed E-state index contributed by atoms with van der Waals surface area (Å²) in [6.45, 7) is 4.50. The van der Waals surface area contributed by atoms with Gasteiger partial charge in [0.25, 0.3) is 0 Å². The minimum atomic E-state index is 0.307. The molecule has 2 N–H and O–H groups in total. The Labute approximate surface area is 111 Å². The van der Waals surface area contributed by atoms with E-state index in [1.54, 1.807) is 12.3 Å². The smallest absolute Gasteiger partial charge is 0.165 e. The van der Waals surface area contributed by atoms with Gasteiger partial charge in [-0.05, 0) is 32.0 Å². The van der Waals surface area contributed by atoms with E-state index < -0.39 is 0 Å². The molecule has 96 valence electrons. The van der Waals surface area contributed by atoms with E-state index in [1.807, 2.05) is 23.0 Å². The molecule has 0 bridgehead atoms. The average Bonchev–Trinajstić information content (AvgIpc) is 2.80. The molecule has 0 atom stereocenters. The number of nitrogens with zero attached hydrogens (tertiary/aromatic N) is 2. The van der Waals surface area contributed by atoms with Crippen LogP contribution in [0.4, 0.5) is 0 Å². The zero-order chi connectivity index (χ0) is 13.1. The number of hydrogen-bond donors (Lipinski definition) is 1. The van der Waals surface area contributed by atoms with E-state index in [0.717, 1.165) is 5.56 Å². The van der Waals surface area contributed by atoms with E-state index in [4.69, 9.17) is 22.1 Å². The molecule has 0 fully saturated rings. The van der Waals surface area contributed by atoms with Crippen molar-refractivity contribution >= 4 is 11.6 Å². The van der Waals surface area contributed by atoms with Crippen molar-refractivity contribution in [1.82, 2.24) is 9.78 Å². The molecule has 0 saturated heterocycles. The number of ether oxygens (including phenoxy) is 1. The van der Waals surface area contributed by atoms with E-state index in [1.165, 1.54) is 0 Å². The minimum Gasteiger partial charge on any atom is -0.454 e. The molecular formula is C13H16ClN3O. The molecule has 0 aliphatic carbocycles. The molecule has 2 aromatic rings. The molecule has 0 spiro atoms. The van der Waals surface area contributed by atoms with Crippen molar-refractivity contribution < 1.29 is 4.74 Å². The first-order valence-corrected chi connectivity index (χ1v) is 6.18. The maximum absolute atomic E-state index is 5.92. The van der Waals surface area contributed by atoms with Crippen molar-refractivity contribution in [2.24, 2.45) is 5.73 Å². The maximum atomic E-state index is 5.92. The van der Waals surface area contributed by atoms with Gasteiger partial charge in [0.15, 0.2) is 5.75 Å². The first-order chi connectivity index (χ1) is 8.60. The van der Waals surface area contributed by atoms with Crippen LogP contribution in [0.3, 0.4) is 0 Å². The van der Waals surface area contributed by atoms with Crippen molar-refractivity contribution in [3.05, 3.63) is 41.2 Å². The lowest BCUT2D eigenvalue weighted by Crippen LogP contribution is -2.00. The van der Waals surface area contributed by atoms with Crippen LogP contribution in [0.2, 0.25) is 5.02 Å². The molecule has 2 rings (SSSR count). The molecule has 0 aliphatic rings. The van der Waals surface area contributed by atoms with Crippen LogP contribution in [0.5, 0.6) is 11.5 Å². The molecule has 18 heavy (non-hydrogen) atoms. The summed E-state index contributed by atoms with van der Waals surface area (Å²) >= 11 is 5.92. The summed E-state index contributed by atoms with van der Waals surface area (Å²) in [6, 6.07) is 5.71. The highest BCUT2D eigenvalue weighted by molar-refractivity contribution is 6.30. The van der Waals surface area contributed by atoms with Crippen LogP contribution in [0.15, 0.2) is 30.6 Å². The van der Waals surface area contributed by atoms with Gasteiger partial charge in [-0.3, -0.25) is 4.68 Å². The van der Waals surface area contributed by atoms with Crippen LogP contribution in [-0.4, -0.2) is 9.78 Å². The lowest BCUT2D eigenvalue weighted by Gasteiger charge is -2.08. The minimum absolute atomic E-state index is 0.307. The number of hydrogen-bond acceptors (Lipinski definition) is 3. The lowest BCUT2D eigenvalue weighted by atomic mass is 10.2. The highest BCUT2D eigenvalue weighted by Gasteiger charge is 2.07. The van der Waals surface area contributed by atoms with Crippen LogP contribution >= 0.6 is 11.6 Å². The first-order valence-electron chi connectivity index (χ1n) is 5.80. The van der Waals surface area contributed by atoms with Crippen molar-refractivity contribution in [2.45, 2.75) is 26.4 Å². The highest BCUT2D eigenvalue weighted by atomic mass is 35.5. The quantitative estimate of drug-likeness (QED) is 0.922. The van der Waals surface area contributed by atoms with Gasteiger partial charge in [-0.1, -0.05) is 11.6 Å². The second-order valence-corrected chi connectivity index (χ2v) is 4.74. The van der Waals surface area contributed by atoms with E-state index >= 15 is 0 Å². The van der Waals surface area contributed by atoms with E-state index in [2.05, 4.69) is 18.9 Å². The fourth-order valence-electron chi connectivity index (χ4n) is 1.59. The van der Waals surface area contributed by atoms with Crippen molar-refractivity contribution in [1.29, 1.82) is 0 Å². The highest BCUT2D eigenvalue weighted by Crippen LogP contribution is 2.27. The number of rotatable bonds is 4. The van der Waals surface area contributed by atoms with Gasteiger partial charge in [-0.2, -0.15) is 5.10 Å². The van der Waals surface area contributed by atoms with Gasteiger partial charge >= 0.3 is 0 Å². The van der Waals surface area contributed by atoms with E-state index in [-0.39, 0.29) is 0 Å². The zero-order valence-electron chi connectivity index (χ0n) is 10.4. The van der Waals surface area contributed by atoms with Crippen LogP contribution < -0.4 is 10.5 Å². The number of nitrogens with two attached hydrogens (primary N) is 1. The number of benzene rings is 1. The Morgan fingerprint density at radius 1 is 1.44 bits per heavy atom. The second kappa shape index (κ2) is 5.42. The summed E-state index contributed by atoms with van der Waals surface area (Å²) in [6.07, 6.45) is 3.55. The Bertz CT molecular complexity index is 537. The molecule has 0 aliphatic heterocycles. The Hall–Kier alpha value is -1.52. The normalized spacial score (nSPS) is 10.9. The van der Waals surface area contributed by atoms with Crippen LogP contribution in [0.1, 0.15) is 25.5 Å². The van der Waals surface area contributed by atoms with E-state index in [0.29, 0.717) is 29.1 Å².